The standard InChI is InChI=1S/C6H13N2O4P/c7-1-6(10)8-4-2-13(11,12)3-5(4)9/h4-5,9H,1-3,7H2,(H,8,10)(H,11,12)/t4-,5-/m0/s1. The van der Waals surface area contributed by atoms with E-state index in [0.717, 1.165) is 0 Å². The molecule has 0 aliphatic carbocycles. The fraction of sp³-hybridized carbons (Fsp3) is 0.833. The molecule has 0 bridgehead atoms. The number of aliphatic hydroxyl groups excluding tert-OH is 1. The Kier molecular flexibility index (Phi) is 3.08. The summed E-state index contributed by atoms with van der Waals surface area (Å²) in [7, 11) is -3.23. The van der Waals surface area contributed by atoms with Gasteiger partial charge in [-0.3, -0.25) is 9.36 Å². The molecule has 5 N–H and O–H groups in total. The second-order valence-corrected chi connectivity index (χ2v) is 5.58. The highest BCUT2D eigenvalue weighted by Gasteiger charge is 2.40. The fourth-order valence-corrected chi connectivity index (χ4v) is 3.27. The molecule has 1 rings (SSSR count). The van der Waals surface area contributed by atoms with Gasteiger partial charge in [0.25, 0.3) is 0 Å². The minimum Gasteiger partial charge on any atom is -0.390 e. The molecule has 3 atom stereocenters. The summed E-state index contributed by atoms with van der Waals surface area (Å²) in [5.74, 6) is -0.425. The summed E-state index contributed by atoms with van der Waals surface area (Å²) in [5, 5.41) is 11.7. The lowest BCUT2D eigenvalue weighted by Gasteiger charge is -2.14. The zero-order valence-electron chi connectivity index (χ0n) is 7.01. The van der Waals surface area contributed by atoms with Gasteiger partial charge in [-0.15, -0.1) is 0 Å². The first-order valence-corrected chi connectivity index (χ1v) is 5.96. The Hall–Kier alpha value is -0.420. The van der Waals surface area contributed by atoms with Crippen LogP contribution < -0.4 is 11.1 Å². The minimum atomic E-state index is -3.23. The van der Waals surface area contributed by atoms with E-state index in [4.69, 9.17) is 10.6 Å². The first-order chi connectivity index (χ1) is 5.94. The summed E-state index contributed by atoms with van der Waals surface area (Å²) in [4.78, 5) is 19.9. The van der Waals surface area contributed by atoms with Gasteiger partial charge in [-0.1, -0.05) is 0 Å². The van der Waals surface area contributed by atoms with Crippen molar-refractivity contribution in [1.82, 2.24) is 5.32 Å². The minimum absolute atomic E-state index is 0.0695. The molecule has 0 aromatic heterocycles. The van der Waals surface area contributed by atoms with Gasteiger partial charge in [-0.2, -0.15) is 0 Å². The summed E-state index contributed by atoms with van der Waals surface area (Å²) in [5.41, 5.74) is 5.04. The van der Waals surface area contributed by atoms with Gasteiger partial charge in [0.15, 0.2) is 0 Å². The lowest BCUT2D eigenvalue weighted by molar-refractivity contribution is -0.120. The smallest absolute Gasteiger partial charge is 0.234 e. The van der Waals surface area contributed by atoms with E-state index < -0.39 is 25.4 Å². The molecule has 1 saturated heterocycles. The van der Waals surface area contributed by atoms with Crippen LogP contribution in [-0.4, -0.2) is 46.9 Å². The van der Waals surface area contributed by atoms with Crippen LogP contribution in [0.25, 0.3) is 0 Å². The van der Waals surface area contributed by atoms with Crippen molar-refractivity contribution >= 4 is 13.3 Å². The Bertz CT molecular complexity index is 257. The number of rotatable bonds is 2. The largest absolute Gasteiger partial charge is 0.390 e. The molecule has 76 valence electrons. The van der Waals surface area contributed by atoms with E-state index in [1.807, 2.05) is 0 Å². The fourth-order valence-electron chi connectivity index (χ4n) is 1.33. The summed E-state index contributed by atoms with van der Waals surface area (Å²) in [6.07, 6.45) is -1.16. The van der Waals surface area contributed by atoms with E-state index in [0.29, 0.717) is 0 Å². The zero-order chi connectivity index (χ0) is 10.1. The molecule has 1 aliphatic heterocycles. The highest BCUT2D eigenvalue weighted by atomic mass is 31.2. The zero-order valence-corrected chi connectivity index (χ0v) is 7.91. The molecule has 0 spiro atoms. The Morgan fingerprint density at radius 3 is 2.62 bits per heavy atom. The van der Waals surface area contributed by atoms with Crippen molar-refractivity contribution in [3.05, 3.63) is 0 Å². The van der Waals surface area contributed by atoms with Crippen LogP contribution in [0.15, 0.2) is 0 Å². The van der Waals surface area contributed by atoms with Crippen LogP contribution >= 0.6 is 7.37 Å². The van der Waals surface area contributed by atoms with Crippen molar-refractivity contribution in [2.75, 3.05) is 18.9 Å². The molecule has 1 aliphatic rings. The van der Waals surface area contributed by atoms with E-state index in [2.05, 4.69) is 5.32 Å². The maximum absolute atomic E-state index is 11.1. The highest BCUT2D eigenvalue weighted by molar-refractivity contribution is 7.58. The Balaban J connectivity index is 2.53. The first kappa shape index (κ1) is 10.7. The normalized spacial score (nSPS) is 39.0. The van der Waals surface area contributed by atoms with Gasteiger partial charge in [-0.25, -0.2) is 0 Å². The molecule has 0 aromatic carbocycles. The van der Waals surface area contributed by atoms with Gasteiger partial charge in [-0.05, 0) is 0 Å². The third-order valence-electron chi connectivity index (χ3n) is 1.95. The lowest BCUT2D eigenvalue weighted by Crippen LogP contribution is -2.44. The van der Waals surface area contributed by atoms with Crippen LogP contribution in [0.3, 0.4) is 0 Å². The third kappa shape index (κ3) is 2.77. The molecular weight excluding hydrogens is 195 g/mol. The third-order valence-corrected chi connectivity index (χ3v) is 3.86. The van der Waals surface area contributed by atoms with Crippen LogP contribution in [0.4, 0.5) is 0 Å². The first-order valence-electron chi connectivity index (χ1n) is 3.93. The maximum Gasteiger partial charge on any atom is 0.234 e. The van der Waals surface area contributed by atoms with Crippen molar-refractivity contribution in [2.45, 2.75) is 12.1 Å². The van der Waals surface area contributed by atoms with Gasteiger partial charge >= 0.3 is 0 Å². The molecule has 6 nitrogen and oxygen atoms in total. The van der Waals surface area contributed by atoms with Crippen molar-refractivity contribution in [2.24, 2.45) is 5.73 Å². The Morgan fingerprint density at radius 2 is 2.23 bits per heavy atom. The van der Waals surface area contributed by atoms with Crippen LogP contribution in [0.5, 0.6) is 0 Å². The molecule has 0 aromatic rings. The molecular formula is C6H13N2O4P. The average Bonchev–Trinajstić information content (AvgIpc) is 2.24. The molecule has 1 unspecified atom stereocenters. The number of amides is 1. The van der Waals surface area contributed by atoms with E-state index >= 15 is 0 Å². The summed E-state index contributed by atoms with van der Waals surface area (Å²) >= 11 is 0. The predicted octanol–water partition coefficient (Wildman–Crippen LogP) is -1.93. The van der Waals surface area contributed by atoms with E-state index in [1.165, 1.54) is 0 Å². The molecule has 7 heteroatoms. The van der Waals surface area contributed by atoms with Gasteiger partial charge < -0.3 is 21.1 Å². The second-order valence-electron chi connectivity index (χ2n) is 3.16. The van der Waals surface area contributed by atoms with Gasteiger partial charge in [0, 0.05) is 6.16 Å². The van der Waals surface area contributed by atoms with Gasteiger partial charge in [0.05, 0.1) is 24.9 Å². The topological polar surface area (TPSA) is 113 Å². The molecule has 13 heavy (non-hydrogen) atoms. The number of hydrogen-bond donors (Lipinski definition) is 4. The highest BCUT2D eigenvalue weighted by Crippen LogP contribution is 2.47. The molecule has 0 saturated carbocycles. The lowest BCUT2D eigenvalue weighted by atomic mass is 10.2. The molecule has 0 radical (unpaired) electrons. The van der Waals surface area contributed by atoms with E-state index in [9.17, 15) is 14.5 Å². The Morgan fingerprint density at radius 1 is 1.62 bits per heavy atom. The van der Waals surface area contributed by atoms with Crippen LogP contribution in [0, 0.1) is 0 Å². The SMILES string of the molecule is NCC(=O)N[C@H]1CP(=O)(O)C[C@@H]1O. The number of aliphatic hydroxyl groups is 1. The van der Waals surface area contributed by atoms with Crippen molar-refractivity contribution in [1.29, 1.82) is 0 Å². The maximum atomic E-state index is 11.1. The summed E-state index contributed by atoms with van der Waals surface area (Å²) < 4.78 is 11.1. The number of carbonyl (C=O) groups is 1. The molecule has 1 amide bonds. The van der Waals surface area contributed by atoms with E-state index in [1.54, 1.807) is 0 Å². The number of nitrogens with two attached hydrogens (primary N) is 1. The van der Waals surface area contributed by atoms with Crippen LogP contribution in [0.1, 0.15) is 0 Å². The van der Waals surface area contributed by atoms with Crippen LogP contribution in [-0.2, 0) is 9.36 Å². The van der Waals surface area contributed by atoms with Crippen LogP contribution in [0.2, 0.25) is 0 Å². The Labute approximate surface area is 75.6 Å². The summed E-state index contributed by atoms with van der Waals surface area (Å²) in [6.45, 7) is -0.182. The second kappa shape index (κ2) is 3.75. The van der Waals surface area contributed by atoms with Crippen molar-refractivity contribution in [3.8, 4) is 0 Å². The van der Waals surface area contributed by atoms with Gasteiger partial charge in [0.2, 0.25) is 13.3 Å². The molecule has 1 fully saturated rings. The number of nitrogens with one attached hydrogen (secondary N) is 1. The van der Waals surface area contributed by atoms with Crippen molar-refractivity contribution < 1.29 is 19.4 Å². The number of hydrogen-bond acceptors (Lipinski definition) is 4. The quantitative estimate of drug-likeness (QED) is 0.395. The van der Waals surface area contributed by atoms with Gasteiger partial charge in [0.1, 0.15) is 0 Å². The average molecular weight is 208 g/mol. The van der Waals surface area contributed by atoms with Crippen molar-refractivity contribution in [3.63, 3.8) is 0 Å². The monoisotopic (exact) mass is 208 g/mol. The molecule has 1 heterocycles. The predicted molar refractivity (Wildman–Crippen MR) is 46.6 cm³/mol. The summed E-state index contributed by atoms with van der Waals surface area (Å²) in [6, 6.07) is -0.633. The van der Waals surface area contributed by atoms with E-state index in [-0.39, 0.29) is 18.9 Å². The number of carbonyl (C=O) groups excluding carboxylic acids is 1.